The van der Waals surface area contributed by atoms with Crippen LogP contribution in [-0.2, 0) is 20.5 Å². The molecule has 7 heterocycles. The lowest BCUT2D eigenvalue weighted by atomic mass is 9.71. The number of methoxy groups -OCH3 is 1. The molecular weight excluding hydrogens is 546 g/mol. The minimum Gasteiger partial charge on any atom is -0.394 e. The van der Waals surface area contributed by atoms with Gasteiger partial charge in [-0.2, -0.15) is 4.98 Å². The molecule has 4 aromatic rings. The maximum Gasteiger partial charge on any atom is 0.261 e. The van der Waals surface area contributed by atoms with E-state index in [0.29, 0.717) is 28.8 Å². The van der Waals surface area contributed by atoms with Crippen LogP contribution in [0.3, 0.4) is 0 Å². The Hall–Kier alpha value is -3.90. The molecule has 0 saturated carbocycles. The molecule has 0 aliphatic carbocycles. The first kappa shape index (κ1) is 27.9. The highest BCUT2D eigenvalue weighted by Gasteiger charge is 2.44. The van der Waals surface area contributed by atoms with Crippen molar-refractivity contribution in [1.82, 2.24) is 25.0 Å². The Morgan fingerprint density at radius 3 is 2.53 bits per heavy atom. The molecule has 2 bridgehead atoms. The van der Waals surface area contributed by atoms with E-state index < -0.39 is 11.9 Å². The standard InChI is InChI=1S/C32H37N7O4/c1-31(2)27-21(29(41-3)42-31)9-10-25(36-27)35-26-17-23(34-24(19-40)20-7-5-4-6-8-20)22(18-33-26)28-37-30(38-43-28)32-11-14-39(15-12-32)16-13-32/h4-10,17-18,24,29,40H,11-16,19H2,1-3H3,(H2,33,34,35,36)/t24-,29+/m1/s1. The van der Waals surface area contributed by atoms with Crippen LogP contribution in [-0.4, -0.2) is 63.5 Å². The number of ether oxygens (including phenoxy) is 2. The van der Waals surface area contributed by atoms with Gasteiger partial charge in [0.2, 0.25) is 0 Å². The zero-order valence-electron chi connectivity index (χ0n) is 24.7. The number of anilines is 3. The van der Waals surface area contributed by atoms with Gasteiger partial charge in [-0.25, -0.2) is 9.97 Å². The lowest BCUT2D eigenvalue weighted by Gasteiger charge is -2.46. The Morgan fingerprint density at radius 1 is 1.05 bits per heavy atom. The lowest BCUT2D eigenvalue weighted by Crippen LogP contribution is -2.51. The SMILES string of the molecule is CO[C@H]1OC(C)(C)c2nc(Nc3cc(N[C@H](CO)c4ccccc4)c(-c4nc(C56CCN(CC5)CC6)no4)cn3)ccc21. The quantitative estimate of drug-likeness (QED) is 0.244. The van der Waals surface area contributed by atoms with Crippen molar-refractivity contribution in [2.24, 2.45) is 0 Å². The van der Waals surface area contributed by atoms with Crippen LogP contribution >= 0.6 is 0 Å². The molecule has 0 radical (unpaired) electrons. The molecule has 0 spiro atoms. The molecule has 4 aliphatic heterocycles. The fourth-order valence-electron chi connectivity index (χ4n) is 6.54. The summed E-state index contributed by atoms with van der Waals surface area (Å²) < 4.78 is 17.4. The van der Waals surface area contributed by atoms with Gasteiger partial charge in [0, 0.05) is 30.4 Å². The molecule has 224 valence electrons. The Kier molecular flexibility index (Phi) is 7.13. The second-order valence-electron chi connectivity index (χ2n) is 12.2. The second kappa shape index (κ2) is 11.0. The lowest BCUT2D eigenvalue weighted by molar-refractivity contribution is -0.175. The smallest absolute Gasteiger partial charge is 0.261 e. The molecule has 0 unspecified atom stereocenters. The van der Waals surface area contributed by atoms with E-state index in [1.807, 2.05) is 62.4 Å². The molecule has 3 aromatic heterocycles. The highest BCUT2D eigenvalue weighted by atomic mass is 16.7. The molecule has 3 saturated heterocycles. The van der Waals surface area contributed by atoms with Gasteiger partial charge in [-0.1, -0.05) is 35.5 Å². The third-order valence-corrected chi connectivity index (χ3v) is 9.09. The maximum atomic E-state index is 10.4. The van der Waals surface area contributed by atoms with Crippen LogP contribution < -0.4 is 10.6 Å². The van der Waals surface area contributed by atoms with Crippen molar-refractivity contribution in [3.8, 4) is 11.5 Å². The molecule has 2 atom stereocenters. The zero-order valence-corrected chi connectivity index (χ0v) is 24.7. The number of hydrogen-bond acceptors (Lipinski definition) is 11. The predicted octanol–water partition coefficient (Wildman–Crippen LogP) is 5.06. The summed E-state index contributed by atoms with van der Waals surface area (Å²) in [6.45, 7) is 7.06. The summed E-state index contributed by atoms with van der Waals surface area (Å²) in [6.07, 6.45) is 4.40. The number of pyridine rings is 2. The average molecular weight is 584 g/mol. The molecular formula is C32H37N7O4. The molecule has 43 heavy (non-hydrogen) atoms. The van der Waals surface area contributed by atoms with E-state index in [1.165, 1.54) is 0 Å². The maximum absolute atomic E-state index is 10.4. The summed E-state index contributed by atoms with van der Waals surface area (Å²) in [6, 6.07) is 15.2. The van der Waals surface area contributed by atoms with Gasteiger partial charge < -0.3 is 34.6 Å². The Labute approximate surface area is 250 Å². The van der Waals surface area contributed by atoms with E-state index >= 15 is 0 Å². The number of piperidine rings is 3. The summed E-state index contributed by atoms with van der Waals surface area (Å²) in [4.78, 5) is 17.0. The topological polar surface area (TPSA) is 131 Å². The predicted molar refractivity (Wildman–Crippen MR) is 161 cm³/mol. The van der Waals surface area contributed by atoms with Gasteiger partial charge >= 0.3 is 0 Å². The van der Waals surface area contributed by atoms with Crippen LogP contribution in [0.15, 0.2) is 59.3 Å². The molecule has 11 nitrogen and oxygen atoms in total. The van der Waals surface area contributed by atoms with Crippen LogP contribution in [0.1, 0.15) is 68.1 Å². The molecule has 8 rings (SSSR count). The normalized spacial score (nSPS) is 24.5. The molecule has 3 fully saturated rings. The molecule has 1 aromatic carbocycles. The van der Waals surface area contributed by atoms with Crippen molar-refractivity contribution in [2.45, 2.75) is 56.5 Å². The number of benzene rings is 1. The van der Waals surface area contributed by atoms with Gasteiger partial charge in [0.25, 0.3) is 5.89 Å². The first-order valence-electron chi connectivity index (χ1n) is 14.9. The van der Waals surface area contributed by atoms with Gasteiger partial charge in [0.1, 0.15) is 17.2 Å². The van der Waals surface area contributed by atoms with Crippen molar-refractivity contribution in [2.75, 3.05) is 44.0 Å². The first-order chi connectivity index (χ1) is 20.9. The molecule has 0 amide bonds. The van der Waals surface area contributed by atoms with Crippen LogP contribution in [0.2, 0.25) is 0 Å². The van der Waals surface area contributed by atoms with Crippen molar-refractivity contribution >= 4 is 17.3 Å². The minimum atomic E-state index is -0.591. The fraction of sp³-hybridized carbons (Fsp3) is 0.438. The van der Waals surface area contributed by atoms with E-state index in [0.717, 1.165) is 61.5 Å². The number of nitrogens with zero attached hydrogens (tertiary/aromatic N) is 5. The Bertz CT molecular complexity index is 1590. The summed E-state index contributed by atoms with van der Waals surface area (Å²) >= 11 is 0. The van der Waals surface area contributed by atoms with Gasteiger partial charge in [0.05, 0.1) is 29.6 Å². The van der Waals surface area contributed by atoms with E-state index in [2.05, 4.69) is 20.7 Å². The molecule has 3 N–H and O–H groups in total. The van der Waals surface area contributed by atoms with Crippen molar-refractivity contribution in [1.29, 1.82) is 0 Å². The summed E-state index contributed by atoms with van der Waals surface area (Å²) in [5.41, 5.74) is 3.43. The van der Waals surface area contributed by atoms with E-state index in [9.17, 15) is 5.11 Å². The Balaban J connectivity index is 1.23. The third-order valence-electron chi connectivity index (χ3n) is 9.09. The van der Waals surface area contributed by atoms with Crippen LogP contribution in [0.5, 0.6) is 0 Å². The highest BCUT2D eigenvalue weighted by Crippen LogP contribution is 2.44. The average Bonchev–Trinajstić information content (AvgIpc) is 3.64. The second-order valence-corrected chi connectivity index (χ2v) is 12.2. The number of nitrogens with one attached hydrogen (secondary N) is 2. The minimum absolute atomic E-state index is 0.0325. The van der Waals surface area contributed by atoms with E-state index in [4.69, 9.17) is 28.9 Å². The monoisotopic (exact) mass is 583 g/mol. The Morgan fingerprint density at radius 2 is 1.81 bits per heavy atom. The van der Waals surface area contributed by atoms with Gasteiger partial charge in [-0.05, 0) is 70.4 Å². The van der Waals surface area contributed by atoms with Crippen LogP contribution in [0, 0.1) is 0 Å². The zero-order chi connectivity index (χ0) is 29.6. The van der Waals surface area contributed by atoms with E-state index in [1.54, 1.807) is 13.3 Å². The van der Waals surface area contributed by atoms with Crippen molar-refractivity contribution in [3.05, 3.63) is 77.4 Å². The number of aliphatic hydroxyl groups excluding tert-OH is 1. The van der Waals surface area contributed by atoms with Crippen LogP contribution in [0.4, 0.5) is 17.3 Å². The van der Waals surface area contributed by atoms with Gasteiger partial charge in [0.15, 0.2) is 12.1 Å². The number of rotatable bonds is 9. The van der Waals surface area contributed by atoms with Gasteiger partial charge in [-0.15, -0.1) is 0 Å². The number of fused-ring (bicyclic) bond motifs is 4. The third kappa shape index (κ3) is 5.16. The number of aromatic nitrogens is 4. The van der Waals surface area contributed by atoms with Gasteiger partial charge in [-0.3, -0.25) is 0 Å². The number of hydrogen-bond donors (Lipinski definition) is 3. The first-order valence-corrected chi connectivity index (χ1v) is 14.9. The molecule has 11 heteroatoms. The summed E-state index contributed by atoms with van der Waals surface area (Å²) in [5, 5.41) is 21.7. The van der Waals surface area contributed by atoms with Crippen molar-refractivity contribution in [3.63, 3.8) is 0 Å². The number of aliphatic hydroxyl groups is 1. The van der Waals surface area contributed by atoms with Crippen LogP contribution in [0.25, 0.3) is 11.5 Å². The fourth-order valence-corrected chi connectivity index (χ4v) is 6.54. The van der Waals surface area contributed by atoms with E-state index in [-0.39, 0.29) is 18.1 Å². The summed E-state index contributed by atoms with van der Waals surface area (Å²) in [7, 11) is 1.63. The largest absolute Gasteiger partial charge is 0.394 e. The highest BCUT2D eigenvalue weighted by molar-refractivity contribution is 5.75. The molecule has 4 aliphatic rings. The van der Waals surface area contributed by atoms with Crippen molar-refractivity contribution < 1.29 is 19.1 Å². The summed E-state index contributed by atoms with van der Waals surface area (Å²) in [5.74, 6) is 2.38.